The fourth-order valence-corrected chi connectivity index (χ4v) is 0.692. The zero-order valence-electron chi connectivity index (χ0n) is 6.45. The van der Waals surface area contributed by atoms with Crippen LogP contribution in [-0.2, 0) is 15.1 Å². The van der Waals surface area contributed by atoms with E-state index in [-0.39, 0.29) is 0 Å². The monoisotopic (exact) mass is 262 g/mol. The van der Waals surface area contributed by atoms with Gasteiger partial charge in [-0.3, -0.25) is 0 Å². The van der Waals surface area contributed by atoms with Crippen LogP contribution in [0.2, 0.25) is 0 Å². The van der Waals surface area contributed by atoms with E-state index in [4.69, 9.17) is 19.4 Å². The van der Waals surface area contributed by atoms with E-state index < -0.39 is 26.8 Å². The molecule has 0 atom stereocenters. The summed E-state index contributed by atoms with van der Waals surface area (Å²) in [6.45, 7) is 1.64. The average molecular weight is 264 g/mol. The molecule has 1 aromatic carbocycles. The summed E-state index contributed by atoms with van der Waals surface area (Å²) < 4.78 is 24.4. The molecule has 0 amide bonds. The maximum atomic E-state index is 12.2. The standard InChI is InChI=1S/C7H6F2.2ClH.Zn/c1-5-2-6(8)4-7(9)3-5;;;/h2-4H,1H3;2*1H;/q;;;+2/p-2. The van der Waals surface area contributed by atoms with Gasteiger partial charge in [-0.2, -0.15) is 0 Å². The summed E-state index contributed by atoms with van der Waals surface area (Å²) >= 11 is -0.931. The van der Waals surface area contributed by atoms with Gasteiger partial charge in [0, 0.05) is 6.07 Å². The van der Waals surface area contributed by atoms with Crippen LogP contribution in [0.4, 0.5) is 8.78 Å². The summed E-state index contributed by atoms with van der Waals surface area (Å²) in [7, 11) is 9.90. The SMILES string of the molecule is Cc1cc(F)cc(F)c1.[Cl][Zn][Cl]. The quantitative estimate of drug-likeness (QED) is 0.627. The Morgan fingerprint density at radius 2 is 1.42 bits per heavy atom. The Hall–Kier alpha value is 0.283. The van der Waals surface area contributed by atoms with Gasteiger partial charge in [0.1, 0.15) is 11.6 Å². The summed E-state index contributed by atoms with van der Waals surface area (Å²) in [5, 5.41) is 0. The van der Waals surface area contributed by atoms with Gasteiger partial charge in [-0.1, -0.05) is 0 Å². The van der Waals surface area contributed by atoms with E-state index in [0.29, 0.717) is 5.56 Å². The van der Waals surface area contributed by atoms with E-state index in [9.17, 15) is 8.78 Å². The molecule has 0 aromatic heterocycles. The number of halogens is 4. The first-order valence-electron chi connectivity index (χ1n) is 3.14. The Morgan fingerprint density at radius 1 is 1.08 bits per heavy atom. The molecule has 0 heterocycles. The topological polar surface area (TPSA) is 0 Å². The maximum absolute atomic E-state index is 12.2. The van der Waals surface area contributed by atoms with Crippen LogP contribution in [0, 0.1) is 18.6 Å². The molecular formula is C7H6Cl2F2Zn. The number of aryl methyl sites for hydroxylation is 1. The van der Waals surface area contributed by atoms with Gasteiger partial charge in [-0.25, -0.2) is 8.78 Å². The first-order chi connectivity index (χ1) is 5.60. The van der Waals surface area contributed by atoms with Crippen LogP contribution in [0.5, 0.6) is 0 Å². The van der Waals surface area contributed by atoms with Crippen LogP contribution >= 0.6 is 19.4 Å². The van der Waals surface area contributed by atoms with Crippen molar-refractivity contribution in [2.45, 2.75) is 6.92 Å². The Balaban J connectivity index is 0.000000354. The third-order valence-corrected chi connectivity index (χ3v) is 1.01. The number of benzene rings is 1. The molecule has 0 bridgehead atoms. The van der Waals surface area contributed by atoms with Crippen molar-refractivity contribution in [3.8, 4) is 0 Å². The molecule has 0 saturated heterocycles. The van der Waals surface area contributed by atoms with Gasteiger partial charge in [0.2, 0.25) is 0 Å². The van der Waals surface area contributed by atoms with Crippen molar-refractivity contribution in [1.29, 1.82) is 0 Å². The second-order valence-electron chi connectivity index (χ2n) is 2.05. The van der Waals surface area contributed by atoms with Gasteiger partial charge in [0.25, 0.3) is 0 Å². The molecule has 0 saturated carbocycles. The molecule has 1 rings (SSSR count). The molecule has 0 nitrogen and oxygen atoms in total. The van der Waals surface area contributed by atoms with Gasteiger partial charge in [0.05, 0.1) is 0 Å². The minimum atomic E-state index is -0.931. The molecule has 64 valence electrons. The third-order valence-electron chi connectivity index (χ3n) is 1.01. The first kappa shape index (κ1) is 12.3. The van der Waals surface area contributed by atoms with Crippen molar-refractivity contribution in [2.75, 3.05) is 0 Å². The summed E-state index contributed by atoms with van der Waals surface area (Å²) in [5.41, 5.74) is 0.604. The van der Waals surface area contributed by atoms with Crippen LogP contribution in [-0.4, -0.2) is 0 Å². The summed E-state index contributed by atoms with van der Waals surface area (Å²) in [4.78, 5) is 0. The van der Waals surface area contributed by atoms with Crippen molar-refractivity contribution in [1.82, 2.24) is 0 Å². The second-order valence-corrected chi connectivity index (χ2v) is 6.67. The predicted molar refractivity (Wildman–Crippen MR) is 42.8 cm³/mol. The molecule has 0 spiro atoms. The number of hydrogen-bond donors (Lipinski definition) is 0. The molecule has 0 radical (unpaired) electrons. The Labute approximate surface area is 85.6 Å². The van der Waals surface area contributed by atoms with Crippen LogP contribution in [0.15, 0.2) is 18.2 Å². The fraction of sp³-hybridized carbons (Fsp3) is 0.143. The van der Waals surface area contributed by atoms with Crippen LogP contribution in [0.1, 0.15) is 5.56 Å². The van der Waals surface area contributed by atoms with Crippen molar-refractivity contribution in [2.24, 2.45) is 0 Å². The molecule has 0 fully saturated rings. The second kappa shape index (κ2) is 6.76. The predicted octanol–water partition coefficient (Wildman–Crippen LogP) is 3.65. The van der Waals surface area contributed by atoms with Gasteiger partial charge < -0.3 is 0 Å². The average Bonchev–Trinajstić information content (AvgIpc) is 1.84. The van der Waals surface area contributed by atoms with E-state index in [1.807, 2.05) is 0 Å². The van der Waals surface area contributed by atoms with E-state index >= 15 is 0 Å². The molecule has 0 aliphatic heterocycles. The molecule has 12 heavy (non-hydrogen) atoms. The molecular weight excluding hydrogens is 258 g/mol. The fourth-order valence-electron chi connectivity index (χ4n) is 0.692. The van der Waals surface area contributed by atoms with Crippen LogP contribution in [0.3, 0.4) is 0 Å². The van der Waals surface area contributed by atoms with Gasteiger partial charge in [0.15, 0.2) is 0 Å². The Bertz CT molecular complexity index is 192. The van der Waals surface area contributed by atoms with Gasteiger partial charge >= 0.3 is 34.5 Å². The molecule has 5 heteroatoms. The van der Waals surface area contributed by atoms with Gasteiger partial charge in [-0.15, -0.1) is 0 Å². The van der Waals surface area contributed by atoms with Crippen LogP contribution in [0.25, 0.3) is 0 Å². The third kappa shape index (κ3) is 5.87. The summed E-state index contributed by atoms with van der Waals surface area (Å²) in [6, 6.07) is 3.42. The zero-order valence-corrected chi connectivity index (χ0v) is 10.9. The normalized spacial score (nSPS) is 8.08. The van der Waals surface area contributed by atoms with Crippen molar-refractivity contribution >= 4 is 19.4 Å². The van der Waals surface area contributed by atoms with E-state index in [1.54, 1.807) is 6.92 Å². The molecule has 0 aliphatic rings. The molecule has 0 aliphatic carbocycles. The summed E-state index contributed by atoms with van der Waals surface area (Å²) in [5.74, 6) is -1.04. The zero-order chi connectivity index (χ0) is 9.56. The van der Waals surface area contributed by atoms with Crippen LogP contribution < -0.4 is 0 Å². The minimum absolute atomic E-state index is 0.521. The number of hydrogen-bond acceptors (Lipinski definition) is 0. The van der Waals surface area contributed by atoms with E-state index in [1.165, 1.54) is 12.1 Å². The van der Waals surface area contributed by atoms with Crippen molar-refractivity contribution in [3.63, 3.8) is 0 Å². The summed E-state index contributed by atoms with van der Waals surface area (Å²) in [6.07, 6.45) is 0. The van der Waals surface area contributed by atoms with Gasteiger partial charge in [-0.05, 0) is 24.6 Å². The number of rotatable bonds is 0. The van der Waals surface area contributed by atoms with Crippen molar-refractivity contribution < 1.29 is 23.9 Å². The van der Waals surface area contributed by atoms with Crippen molar-refractivity contribution in [3.05, 3.63) is 35.4 Å². The van der Waals surface area contributed by atoms with E-state index in [0.717, 1.165) is 6.07 Å². The molecule has 0 N–H and O–H groups in total. The van der Waals surface area contributed by atoms with E-state index in [2.05, 4.69) is 0 Å². The first-order valence-corrected chi connectivity index (χ1v) is 10.9. The Morgan fingerprint density at radius 3 is 1.67 bits per heavy atom. The molecule has 0 unspecified atom stereocenters. The molecule has 1 aromatic rings. The Kier molecular flexibility index (Phi) is 6.92.